The number of hydrogen-bond acceptors (Lipinski definition) is 6. The number of rotatable bonds is 10. The van der Waals surface area contributed by atoms with Gasteiger partial charge in [-0.2, -0.15) is 4.31 Å². The number of ether oxygens (including phenoxy) is 2. The molecule has 0 radical (unpaired) electrons. The third-order valence-corrected chi connectivity index (χ3v) is 5.81. The first-order chi connectivity index (χ1) is 12.7. The fourth-order valence-corrected chi connectivity index (χ4v) is 3.72. The molecule has 27 heavy (non-hydrogen) atoms. The molecule has 1 atom stereocenters. The van der Waals surface area contributed by atoms with E-state index in [1.54, 1.807) is 13.8 Å². The van der Waals surface area contributed by atoms with Gasteiger partial charge in [0.1, 0.15) is 5.82 Å². The fraction of sp³-hybridized carbons (Fsp3) is 0.529. The monoisotopic (exact) mass is 404 g/mol. The topological polar surface area (TPSA) is 102 Å². The molecule has 0 spiro atoms. The molecule has 1 rings (SSSR count). The van der Waals surface area contributed by atoms with Gasteiger partial charge < -0.3 is 14.8 Å². The van der Waals surface area contributed by atoms with Crippen molar-refractivity contribution in [2.45, 2.75) is 31.8 Å². The first-order valence-electron chi connectivity index (χ1n) is 8.46. The van der Waals surface area contributed by atoms with Crippen LogP contribution in [0.15, 0.2) is 23.1 Å². The zero-order chi connectivity index (χ0) is 20.6. The van der Waals surface area contributed by atoms with Crippen LogP contribution in [0.25, 0.3) is 0 Å². The Morgan fingerprint density at radius 1 is 1.26 bits per heavy atom. The van der Waals surface area contributed by atoms with Gasteiger partial charge in [-0.15, -0.1) is 0 Å². The molecule has 10 heteroatoms. The number of nitrogens with one attached hydrogen (secondary N) is 1. The minimum absolute atomic E-state index is 0.225. The molecule has 0 unspecified atom stereocenters. The van der Waals surface area contributed by atoms with Gasteiger partial charge in [-0.05, 0) is 25.1 Å². The third kappa shape index (κ3) is 5.98. The molecule has 152 valence electrons. The summed E-state index contributed by atoms with van der Waals surface area (Å²) < 4.78 is 50.0. The highest BCUT2D eigenvalue weighted by molar-refractivity contribution is 7.89. The Balaban J connectivity index is 3.00. The van der Waals surface area contributed by atoms with Crippen molar-refractivity contribution in [1.82, 2.24) is 9.62 Å². The van der Waals surface area contributed by atoms with Crippen molar-refractivity contribution >= 4 is 21.9 Å². The quantitative estimate of drug-likeness (QED) is 0.464. The van der Waals surface area contributed by atoms with Crippen LogP contribution < -0.4 is 5.32 Å². The van der Waals surface area contributed by atoms with Crippen LogP contribution in [0.1, 0.15) is 31.1 Å². The maximum absolute atomic E-state index is 14.0. The maximum atomic E-state index is 14.0. The zero-order valence-corrected chi connectivity index (χ0v) is 16.6. The number of esters is 1. The number of halogens is 1. The van der Waals surface area contributed by atoms with E-state index in [0.717, 1.165) is 18.2 Å². The van der Waals surface area contributed by atoms with Crippen molar-refractivity contribution in [3.63, 3.8) is 0 Å². The van der Waals surface area contributed by atoms with E-state index in [2.05, 4.69) is 5.32 Å². The highest BCUT2D eigenvalue weighted by Crippen LogP contribution is 2.20. The molecule has 0 bridgehead atoms. The number of nitrogens with zero attached hydrogens (tertiary/aromatic N) is 1. The van der Waals surface area contributed by atoms with E-state index >= 15 is 0 Å². The highest BCUT2D eigenvalue weighted by Gasteiger charge is 2.26. The Kier molecular flexibility index (Phi) is 8.80. The molecule has 0 saturated carbocycles. The average Bonchev–Trinajstić information content (AvgIpc) is 2.62. The molecular weight excluding hydrogens is 379 g/mol. The summed E-state index contributed by atoms with van der Waals surface area (Å²) in [5.74, 6) is -2.64. The predicted molar refractivity (Wildman–Crippen MR) is 96.3 cm³/mol. The van der Waals surface area contributed by atoms with Gasteiger partial charge in [0.05, 0.1) is 17.1 Å². The van der Waals surface area contributed by atoms with Crippen LogP contribution in [-0.2, 0) is 24.3 Å². The van der Waals surface area contributed by atoms with Crippen LogP contribution in [-0.4, -0.2) is 64.1 Å². The third-order valence-electron chi connectivity index (χ3n) is 3.76. The summed E-state index contributed by atoms with van der Waals surface area (Å²) in [6.07, 6.45) is -1.18. The molecule has 0 saturated heterocycles. The van der Waals surface area contributed by atoms with Gasteiger partial charge in [-0.3, -0.25) is 4.79 Å². The van der Waals surface area contributed by atoms with Gasteiger partial charge in [0.25, 0.3) is 5.91 Å². The molecule has 8 nitrogen and oxygen atoms in total. The molecule has 0 fully saturated rings. The Morgan fingerprint density at radius 3 is 2.44 bits per heavy atom. The average molecular weight is 404 g/mol. The summed E-state index contributed by atoms with van der Waals surface area (Å²) >= 11 is 0. The van der Waals surface area contributed by atoms with E-state index in [1.165, 1.54) is 18.3 Å². The SMILES string of the molecule is CCN(CC)S(=O)(=O)c1ccc(F)c(C(=O)O[C@H](C)C(=O)NCCOC)c1. The second kappa shape index (κ2) is 10.3. The van der Waals surface area contributed by atoms with E-state index in [0.29, 0.717) is 0 Å². The van der Waals surface area contributed by atoms with Crippen LogP contribution in [0, 0.1) is 5.82 Å². The van der Waals surface area contributed by atoms with Crippen LogP contribution in [0.4, 0.5) is 4.39 Å². The van der Waals surface area contributed by atoms with Crippen LogP contribution in [0.3, 0.4) is 0 Å². The Labute approximate surface area is 158 Å². The van der Waals surface area contributed by atoms with Crippen LogP contribution in [0.5, 0.6) is 0 Å². The predicted octanol–water partition coefficient (Wildman–Crippen LogP) is 1.16. The maximum Gasteiger partial charge on any atom is 0.341 e. The van der Waals surface area contributed by atoms with Crippen molar-refractivity contribution in [3.05, 3.63) is 29.6 Å². The van der Waals surface area contributed by atoms with E-state index in [9.17, 15) is 22.4 Å². The number of carbonyl (C=O) groups is 2. The van der Waals surface area contributed by atoms with Crippen molar-refractivity contribution in [2.24, 2.45) is 0 Å². The van der Waals surface area contributed by atoms with E-state index in [1.807, 2.05) is 0 Å². The highest BCUT2D eigenvalue weighted by atomic mass is 32.2. The minimum Gasteiger partial charge on any atom is -0.449 e. The summed E-state index contributed by atoms with van der Waals surface area (Å²) in [6, 6.07) is 2.89. The largest absolute Gasteiger partial charge is 0.449 e. The zero-order valence-electron chi connectivity index (χ0n) is 15.8. The molecule has 0 aliphatic carbocycles. The lowest BCUT2D eigenvalue weighted by Gasteiger charge is -2.19. The normalized spacial score (nSPS) is 12.7. The lowest BCUT2D eigenvalue weighted by Crippen LogP contribution is -2.37. The Morgan fingerprint density at radius 2 is 1.89 bits per heavy atom. The lowest BCUT2D eigenvalue weighted by atomic mass is 10.2. The van der Waals surface area contributed by atoms with E-state index in [4.69, 9.17) is 9.47 Å². The number of sulfonamides is 1. The first-order valence-corrected chi connectivity index (χ1v) is 9.90. The molecule has 0 aliphatic rings. The number of benzene rings is 1. The van der Waals surface area contributed by atoms with Gasteiger partial charge in [0.2, 0.25) is 10.0 Å². The van der Waals surface area contributed by atoms with Crippen molar-refractivity contribution in [2.75, 3.05) is 33.4 Å². The molecule has 0 aromatic heterocycles. The summed E-state index contributed by atoms with van der Waals surface area (Å²) in [7, 11) is -2.40. The molecule has 1 aromatic rings. The first kappa shape index (κ1) is 23.0. The smallest absolute Gasteiger partial charge is 0.341 e. The number of amides is 1. The number of methoxy groups -OCH3 is 1. The summed E-state index contributed by atoms with van der Waals surface area (Å²) in [5.41, 5.74) is -0.556. The second-order valence-corrected chi connectivity index (χ2v) is 7.50. The summed E-state index contributed by atoms with van der Waals surface area (Å²) in [6.45, 7) is 5.64. The van der Waals surface area contributed by atoms with E-state index in [-0.39, 0.29) is 31.1 Å². The van der Waals surface area contributed by atoms with Gasteiger partial charge in [-0.1, -0.05) is 13.8 Å². The second-order valence-electron chi connectivity index (χ2n) is 5.56. The van der Waals surface area contributed by atoms with Crippen LogP contribution in [0.2, 0.25) is 0 Å². The molecule has 0 heterocycles. The number of carbonyl (C=O) groups excluding carboxylic acids is 2. The summed E-state index contributed by atoms with van der Waals surface area (Å²) in [5, 5.41) is 2.48. The van der Waals surface area contributed by atoms with Gasteiger partial charge >= 0.3 is 5.97 Å². The molecule has 1 N–H and O–H groups in total. The molecule has 1 amide bonds. The number of hydrogen-bond donors (Lipinski definition) is 1. The molecular formula is C17H25FN2O6S. The van der Waals surface area contributed by atoms with Crippen LogP contribution >= 0.6 is 0 Å². The summed E-state index contributed by atoms with van der Waals surface area (Å²) in [4.78, 5) is 23.8. The standard InChI is InChI=1S/C17H25FN2O6S/c1-5-20(6-2)27(23,24)13-7-8-15(18)14(11-13)17(22)26-12(3)16(21)19-9-10-25-4/h7-8,11-12H,5-6,9-10H2,1-4H3,(H,19,21)/t12-/m1/s1. The van der Waals surface area contributed by atoms with Gasteiger partial charge in [0.15, 0.2) is 6.10 Å². The molecule has 0 aliphatic heterocycles. The lowest BCUT2D eigenvalue weighted by molar-refractivity contribution is -0.129. The Hall–Kier alpha value is -2.04. The molecule has 1 aromatic carbocycles. The van der Waals surface area contributed by atoms with E-state index < -0.39 is 39.4 Å². The van der Waals surface area contributed by atoms with Crippen molar-refractivity contribution in [1.29, 1.82) is 0 Å². The van der Waals surface area contributed by atoms with Gasteiger partial charge in [0, 0.05) is 26.7 Å². The van der Waals surface area contributed by atoms with Gasteiger partial charge in [-0.25, -0.2) is 17.6 Å². The van der Waals surface area contributed by atoms with Crippen molar-refractivity contribution < 1.29 is 31.9 Å². The fourth-order valence-electron chi connectivity index (χ4n) is 2.23. The Bertz CT molecular complexity index is 765. The minimum atomic E-state index is -3.87. The van der Waals surface area contributed by atoms with Crippen molar-refractivity contribution in [3.8, 4) is 0 Å².